The monoisotopic (exact) mass is 411 g/mol. The van der Waals surface area contributed by atoms with Gasteiger partial charge in [0.2, 0.25) is 0 Å². The minimum atomic E-state index is 0.108. The second kappa shape index (κ2) is 7.82. The molecule has 158 valence electrons. The summed E-state index contributed by atoms with van der Waals surface area (Å²) in [5.74, 6) is 0. The average Bonchev–Trinajstić information content (AvgIpc) is 3.23. The number of aromatic nitrogens is 3. The van der Waals surface area contributed by atoms with Crippen molar-refractivity contribution in [2.24, 2.45) is 0 Å². The second-order valence-corrected chi connectivity index (χ2v) is 9.28. The highest BCUT2D eigenvalue weighted by Crippen LogP contribution is 2.30. The predicted octanol–water partition coefficient (Wildman–Crippen LogP) is 4.77. The van der Waals surface area contributed by atoms with Crippen LogP contribution in [0, 0.1) is 0 Å². The SMILES string of the molecule is CC(C)(C)c1cccc(-c2cnn3cc(-c4ccc(N5CCNCC5)cc4)cnc23)c1. The Bertz CT molecular complexity index is 1190. The zero-order valence-corrected chi connectivity index (χ0v) is 18.5. The fourth-order valence-corrected chi connectivity index (χ4v) is 4.17. The van der Waals surface area contributed by atoms with Crippen molar-refractivity contribution >= 4 is 11.3 Å². The molecule has 5 rings (SSSR count). The first-order chi connectivity index (χ1) is 15.0. The Labute approximate surface area is 183 Å². The molecule has 2 aromatic heterocycles. The van der Waals surface area contributed by atoms with Crippen molar-refractivity contribution < 1.29 is 0 Å². The summed E-state index contributed by atoms with van der Waals surface area (Å²) >= 11 is 0. The lowest BCUT2D eigenvalue weighted by molar-refractivity contribution is 0.589. The largest absolute Gasteiger partial charge is 0.369 e. The molecule has 1 aliphatic heterocycles. The van der Waals surface area contributed by atoms with E-state index in [1.807, 2.05) is 16.9 Å². The van der Waals surface area contributed by atoms with Crippen LogP contribution in [0.4, 0.5) is 5.69 Å². The van der Waals surface area contributed by atoms with Gasteiger partial charge in [0.15, 0.2) is 5.65 Å². The average molecular weight is 412 g/mol. The van der Waals surface area contributed by atoms with Gasteiger partial charge in [0.05, 0.1) is 6.20 Å². The maximum Gasteiger partial charge on any atom is 0.162 e. The van der Waals surface area contributed by atoms with E-state index in [0.29, 0.717) is 0 Å². The number of hydrogen-bond acceptors (Lipinski definition) is 4. The highest BCUT2D eigenvalue weighted by molar-refractivity contribution is 5.78. The molecule has 4 aromatic rings. The molecule has 0 bridgehead atoms. The molecule has 31 heavy (non-hydrogen) atoms. The van der Waals surface area contributed by atoms with E-state index in [-0.39, 0.29) is 5.41 Å². The summed E-state index contributed by atoms with van der Waals surface area (Å²) in [6.45, 7) is 10.9. The van der Waals surface area contributed by atoms with Crippen molar-refractivity contribution in [3.8, 4) is 22.3 Å². The molecule has 0 amide bonds. The zero-order valence-electron chi connectivity index (χ0n) is 18.5. The van der Waals surface area contributed by atoms with Crippen LogP contribution in [-0.2, 0) is 5.41 Å². The lowest BCUT2D eigenvalue weighted by Gasteiger charge is -2.29. The van der Waals surface area contributed by atoms with Crippen LogP contribution in [0.15, 0.2) is 67.1 Å². The third kappa shape index (κ3) is 3.93. The van der Waals surface area contributed by atoms with Crippen molar-refractivity contribution in [2.75, 3.05) is 31.1 Å². The molecule has 0 atom stereocenters. The van der Waals surface area contributed by atoms with Gasteiger partial charge in [0, 0.05) is 55.4 Å². The van der Waals surface area contributed by atoms with E-state index in [1.54, 1.807) is 0 Å². The summed E-state index contributed by atoms with van der Waals surface area (Å²) in [5, 5.41) is 8.01. The molecule has 0 spiro atoms. The number of anilines is 1. The number of rotatable bonds is 3. The van der Waals surface area contributed by atoms with Crippen LogP contribution in [0.1, 0.15) is 26.3 Å². The van der Waals surface area contributed by atoms with E-state index in [0.717, 1.165) is 54.1 Å². The molecule has 0 saturated carbocycles. The molecule has 0 radical (unpaired) electrons. The number of piperazine rings is 1. The van der Waals surface area contributed by atoms with Gasteiger partial charge in [-0.25, -0.2) is 9.50 Å². The first-order valence-electron chi connectivity index (χ1n) is 11.0. The van der Waals surface area contributed by atoms with E-state index in [2.05, 4.69) is 90.8 Å². The summed E-state index contributed by atoms with van der Waals surface area (Å²) in [5.41, 5.74) is 8.01. The van der Waals surface area contributed by atoms with Crippen LogP contribution in [0.2, 0.25) is 0 Å². The van der Waals surface area contributed by atoms with Gasteiger partial charge >= 0.3 is 0 Å². The molecule has 0 unspecified atom stereocenters. The lowest BCUT2D eigenvalue weighted by atomic mass is 9.85. The Morgan fingerprint density at radius 2 is 1.65 bits per heavy atom. The van der Waals surface area contributed by atoms with Gasteiger partial charge in [0.1, 0.15) is 0 Å². The van der Waals surface area contributed by atoms with Gasteiger partial charge in [0.25, 0.3) is 0 Å². The molecular formula is C26H29N5. The van der Waals surface area contributed by atoms with Gasteiger partial charge in [-0.2, -0.15) is 5.10 Å². The second-order valence-electron chi connectivity index (χ2n) is 9.28. The molecule has 1 aliphatic rings. The van der Waals surface area contributed by atoms with E-state index in [9.17, 15) is 0 Å². The molecular weight excluding hydrogens is 382 g/mol. The number of nitrogens with zero attached hydrogens (tertiary/aromatic N) is 4. The van der Waals surface area contributed by atoms with Crippen molar-refractivity contribution in [2.45, 2.75) is 26.2 Å². The molecule has 1 saturated heterocycles. The summed E-state index contributed by atoms with van der Waals surface area (Å²) in [4.78, 5) is 7.20. The number of benzene rings is 2. The van der Waals surface area contributed by atoms with Gasteiger partial charge in [-0.15, -0.1) is 0 Å². The molecule has 1 N–H and O–H groups in total. The minimum Gasteiger partial charge on any atom is -0.369 e. The van der Waals surface area contributed by atoms with Crippen molar-refractivity contribution in [1.82, 2.24) is 19.9 Å². The smallest absolute Gasteiger partial charge is 0.162 e. The van der Waals surface area contributed by atoms with Gasteiger partial charge < -0.3 is 10.2 Å². The standard InChI is InChI=1S/C26H29N5/c1-26(2,3)22-6-4-5-20(15-22)24-17-29-31-18-21(16-28-25(24)31)19-7-9-23(10-8-19)30-13-11-27-12-14-30/h4-10,15-18,27H,11-14H2,1-3H3. The van der Waals surface area contributed by atoms with Crippen LogP contribution in [0.3, 0.4) is 0 Å². The van der Waals surface area contributed by atoms with Crippen LogP contribution in [0.25, 0.3) is 27.9 Å². The quantitative estimate of drug-likeness (QED) is 0.527. The Hall–Kier alpha value is -3.18. The number of fused-ring (bicyclic) bond motifs is 1. The molecule has 0 aliphatic carbocycles. The van der Waals surface area contributed by atoms with Crippen molar-refractivity contribution in [3.05, 3.63) is 72.7 Å². The van der Waals surface area contributed by atoms with Gasteiger partial charge in [-0.05, 0) is 34.2 Å². The molecule has 3 heterocycles. The summed E-state index contributed by atoms with van der Waals surface area (Å²) in [6.07, 6.45) is 5.94. The molecule has 1 fully saturated rings. The number of nitrogens with one attached hydrogen (secondary N) is 1. The maximum absolute atomic E-state index is 4.78. The maximum atomic E-state index is 4.78. The fourth-order valence-electron chi connectivity index (χ4n) is 4.17. The zero-order chi connectivity index (χ0) is 21.4. The van der Waals surface area contributed by atoms with Crippen LogP contribution >= 0.6 is 0 Å². The van der Waals surface area contributed by atoms with E-state index in [4.69, 9.17) is 4.98 Å². The summed E-state index contributed by atoms with van der Waals surface area (Å²) in [6, 6.07) is 17.5. The Kier molecular flexibility index (Phi) is 4.98. The van der Waals surface area contributed by atoms with Crippen molar-refractivity contribution in [3.63, 3.8) is 0 Å². The predicted molar refractivity (Wildman–Crippen MR) is 128 cm³/mol. The highest BCUT2D eigenvalue weighted by atomic mass is 15.2. The Balaban J connectivity index is 1.44. The Morgan fingerprint density at radius 3 is 2.39 bits per heavy atom. The third-order valence-corrected chi connectivity index (χ3v) is 6.08. The topological polar surface area (TPSA) is 45.5 Å². The summed E-state index contributed by atoms with van der Waals surface area (Å²) < 4.78 is 1.89. The third-order valence-electron chi connectivity index (χ3n) is 6.08. The van der Waals surface area contributed by atoms with E-state index >= 15 is 0 Å². The lowest BCUT2D eigenvalue weighted by Crippen LogP contribution is -2.43. The first kappa shape index (κ1) is 19.8. The van der Waals surface area contributed by atoms with Crippen LogP contribution in [-0.4, -0.2) is 40.8 Å². The Morgan fingerprint density at radius 1 is 0.871 bits per heavy atom. The number of hydrogen-bond donors (Lipinski definition) is 1. The van der Waals surface area contributed by atoms with Crippen LogP contribution in [0.5, 0.6) is 0 Å². The molecule has 5 heteroatoms. The van der Waals surface area contributed by atoms with Crippen molar-refractivity contribution in [1.29, 1.82) is 0 Å². The first-order valence-corrected chi connectivity index (χ1v) is 11.0. The molecule has 2 aromatic carbocycles. The van der Waals surface area contributed by atoms with E-state index < -0.39 is 0 Å². The van der Waals surface area contributed by atoms with E-state index in [1.165, 1.54) is 11.3 Å². The van der Waals surface area contributed by atoms with Crippen LogP contribution < -0.4 is 10.2 Å². The van der Waals surface area contributed by atoms with Gasteiger partial charge in [-0.3, -0.25) is 0 Å². The molecule has 5 nitrogen and oxygen atoms in total. The highest BCUT2D eigenvalue weighted by Gasteiger charge is 2.16. The summed E-state index contributed by atoms with van der Waals surface area (Å²) in [7, 11) is 0. The normalized spacial score (nSPS) is 14.9. The minimum absolute atomic E-state index is 0.108. The van der Waals surface area contributed by atoms with Gasteiger partial charge in [-0.1, -0.05) is 57.2 Å². The fraction of sp³-hybridized carbons (Fsp3) is 0.308.